The minimum Gasteiger partial charge on any atom is -0.341 e. The number of hydrogen-bond donors (Lipinski definition) is 4. The molecule has 6 N–H and O–H groups in total. The minimum atomic E-state index is -0.0877. The number of hydrogen-bond acceptors (Lipinski definition) is 4. The van der Waals surface area contributed by atoms with Gasteiger partial charge in [-0.05, 0) is 35.1 Å². The Morgan fingerprint density at radius 2 is 1.45 bits per heavy atom. The number of aromatic nitrogens is 4. The summed E-state index contributed by atoms with van der Waals surface area (Å²) in [6.45, 7) is 11.0. The topological polar surface area (TPSA) is 109 Å². The molecule has 1 atom stereocenters. The summed E-state index contributed by atoms with van der Waals surface area (Å²) in [6, 6.07) is 14.9. The Balaban J connectivity index is 0.000000968. The third kappa shape index (κ3) is 5.78. The van der Waals surface area contributed by atoms with Gasteiger partial charge in [0.1, 0.15) is 11.6 Å². The zero-order valence-electron chi connectivity index (χ0n) is 20.3. The molecule has 1 unspecified atom stereocenters. The summed E-state index contributed by atoms with van der Waals surface area (Å²) >= 11 is 0. The molecule has 0 saturated carbocycles. The highest BCUT2D eigenvalue weighted by molar-refractivity contribution is 5.73. The van der Waals surface area contributed by atoms with Gasteiger partial charge >= 0.3 is 0 Å². The van der Waals surface area contributed by atoms with Crippen molar-refractivity contribution in [1.29, 1.82) is 0 Å². The molecule has 0 bridgehead atoms. The van der Waals surface area contributed by atoms with E-state index < -0.39 is 0 Å². The van der Waals surface area contributed by atoms with Crippen LogP contribution < -0.4 is 11.5 Å². The summed E-state index contributed by atoms with van der Waals surface area (Å²) in [7, 11) is 0. The van der Waals surface area contributed by atoms with Gasteiger partial charge < -0.3 is 21.4 Å². The molecule has 4 rings (SSSR count). The molecule has 0 spiro atoms. The number of rotatable bonds is 6. The normalized spacial score (nSPS) is 11.9. The lowest BCUT2D eigenvalue weighted by Crippen LogP contribution is -2.18. The van der Waals surface area contributed by atoms with E-state index in [-0.39, 0.29) is 6.04 Å². The molecule has 0 aliphatic rings. The fourth-order valence-corrected chi connectivity index (χ4v) is 3.56. The van der Waals surface area contributed by atoms with Gasteiger partial charge in [-0.25, -0.2) is 9.97 Å². The lowest BCUT2D eigenvalue weighted by molar-refractivity contribution is 0.494. The van der Waals surface area contributed by atoms with Crippen LogP contribution in [0.4, 0.5) is 0 Å². The summed E-state index contributed by atoms with van der Waals surface area (Å²) in [5.41, 5.74) is 19.6. The molecule has 2 heterocycles. The molecular formula is C27H36N6. The van der Waals surface area contributed by atoms with E-state index in [4.69, 9.17) is 11.5 Å². The Hall–Kier alpha value is -3.22. The van der Waals surface area contributed by atoms with Crippen molar-refractivity contribution >= 4 is 0 Å². The zero-order valence-corrected chi connectivity index (χ0v) is 20.3. The number of nitrogens with two attached hydrogens (primary N) is 2. The van der Waals surface area contributed by atoms with E-state index in [1.807, 2.05) is 12.4 Å². The highest BCUT2D eigenvalue weighted by atomic mass is 15.0. The summed E-state index contributed by atoms with van der Waals surface area (Å²) < 4.78 is 0. The molecule has 6 nitrogen and oxygen atoms in total. The van der Waals surface area contributed by atoms with Gasteiger partial charge in [-0.3, -0.25) is 0 Å². The lowest BCUT2D eigenvalue weighted by Gasteiger charge is -2.12. The van der Waals surface area contributed by atoms with Crippen LogP contribution >= 0.6 is 0 Å². The van der Waals surface area contributed by atoms with Crippen LogP contribution in [0.25, 0.3) is 33.6 Å². The van der Waals surface area contributed by atoms with Gasteiger partial charge in [0.15, 0.2) is 0 Å². The molecule has 0 fully saturated rings. The number of aromatic amines is 2. The summed E-state index contributed by atoms with van der Waals surface area (Å²) in [5.74, 6) is 1.95. The molecule has 6 heteroatoms. The van der Waals surface area contributed by atoms with Crippen LogP contribution in [0.3, 0.4) is 0 Å². The van der Waals surface area contributed by atoms with Crippen LogP contribution in [0.2, 0.25) is 0 Å². The molecule has 0 aliphatic carbocycles. The van der Waals surface area contributed by atoms with E-state index in [1.165, 1.54) is 23.1 Å². The molecule has 0 amide bonds. The van der Waals surface area contributed by atoms with Gasteiger partial charge in [0.2, 0.25) is 0 Å². The maximum absolute atomic E-state index is 6.20. The molecular weight excluding hydrogens is 408 g/mol. The van der Waals surface area contributed by atoms with Crippen LogP contribution in [0.15, 0.2) is 54.9 Å². The van der Waals surface area contributed by atoms with Crippen molar-refractivity contribution < 1.29 is 0 Å². The van der Waals surface area contributed by atoms with Crippen molar-refractivity contribution in [2.24, 2.45) is 17.4 Å². The Kier molecular flexibility index (Phi) is 8.20. The Morgan fingerprint density at radius 3 is 2.03 bits per heavy atom. The van der Waals surface area contributed by atoms with E-state index >= 15 is 0 Å². The fraction of sp³-hybridized carbons (Fsp3) is 0.333. The van der Waals surface area contributed by atoms with Crippen molar-refractivity contribution in [1.82, 2.24) is 19.9 Å². The number of nitrogens with zero attached hydrogens (tertiary/aromatic N) is 2. The van der Waals surface area contributed by atoms with Crippen LogP contribution in [0, 0.1) is 12.8 Å². The largest absolute Gasteiger partial charge is 0.341 e. The zero-order chi connectivity index (χ0) is 24.0. The average molecular weight is 445 g/mol. The van der Waals surface area contributed by atoms with Gasteiger partial charge in [-0.15, -0.1) is 0 Å². The molecule has 0 aliphatic heterocycles. The van der Waals surface area contributed by atoms with E-state index in [2.05, 4.69) is 97.0 Å². The number of aryl methyl sites for hydroxylation is 1. The number of H-pyrrole nitrogens is 2. The molecule has 33 heavy (non-hydrogen) atoms. The molecule has 4 aromatic rings. The number of nitrogens with one attached hydrogen (secondary N) is 2. The van der Waals surface area contributed by atoms with E-state index in [0.29, 0.717) is 12.5 Å². The maximum Gasteiger partial charge on any atom is 0.123 e. The van der Waals surface area contributed by atoms with Crippen molar-refractivity contribution in [3.8, 4) is 33.6 Å². The number of imidazole rings is 2. The predicted molar refractivity (Wildman–Crippen MR) is 137 cm³/mol. The molecule has 2 aromatic carbocycles. The van der Waals surface area contributed by atoms with Gasteiger partial charge in [0.25, 0.3) is 0 Å². The Morgan fingerprint density at radius 1 is 0.848 bits per heavy atom. The summed E-state index contributed by atoms with van der Waals surface area (Å²) in [6.07, 6.45) is 4.94. The molecule has 174 valence electrons. The van der Waals surface area contributed by atoms with E-state index in [0.717, 1.165) is 34.2 Å². The SMILES string of the molecule is CCC.Cc1cc(-c2ccc(-c3cnc(C(N)C(C)C)[nH]3)cc2)ccc1-c1cnc(CN)[nH]1. The summed E-state index contributed by atoms with van der Waals surface area (Å²) in [5, 5.41) is 0. The molecule has 2 aromatic heterocycles. The minimum absolute atomic E-state index is 0.0877. The second-order valence-electron chi connectivity index (χ2n) is 8.71. The average Bonchev–Trinajstić information content (AvgIpc) is 3.49. The van der Waals surface area contributed by atoms with Crippen LogP contribution in [0.1, 0.15) is 57.4 Å². The van der Waals surface area contributed by atoms with Gasteiger partial charge in [0, 0.05) is 5.56 Å². The lowest BCUT2D eigenvalue weighted by atomic mass is 9.97. The first-order valence-electron chi connectivity index (χ1n) is 11.6. The van der Waals surface area contributed by atoms with Crippen LogP contribution in [0.5, 0.6) is 0 Å². The van der Waals surface area contributed by atoms with Gasteiger partial charge in [-0.2, -0.15) is 0 Å². The van der Waals surface area contributed by atoms with Gasteiger partial charge in [-0.1, -0.05) is 76.6 Å². The van der Waals surface area contributed by atoms with E-state index in [9.17, 15) is 0 Å². The maximum atomic E-state index is 6.20. The van der Waals surface area contributed by atoms with Gasteiger partial charge in [0.05, 0.1) is 36.4 Å². The fourth-order valence-electron chi connectivity index (χ4n) is 3.56. The third-order valence-corrected chi connectivity index (χ3v) is 5.50. The monoisotopic (exact) mass is 444 g/mol. The standard InChI is InChI=1S/C24H28N6.C3H8/c1-14(2)23(26)24-28-12-20(30-24)17-6-4-16(5-7-17)18-8-9-19(15(3)10-18)21-13-27-22(11-25)29-21;1-3-2/h4-10,12-14,23H,11,25-26H2,1-3H3,(H,27,29)(H,28,30);3H2,1-2H3. The van der Waals surface area contributed by atoms with Crippen molar-refractivity contribution in [3.05, 3.63) is 72.1 Å². The van der Waals surface area contributed by atoms with Crippen molar-refractivity contribution in [2.75, 3.05) is 0 Å². The first-order valence-corrected chi connectivity index (χ1v) is 11.6. The third-order valence-electron chi connectivity index (χ3n) is 5.50. The highest BCUT2D eigenvalue weighted by Crippen LogP contribution is 2.29. The Bertz CT molecular complexity index is 1150. The first-order chi connectivity index (χ1) is 15.9. The van der Waals surface area contributed by atoms with Crippen LogP contribution in [-0.2, 0) is 6.54 Å². The second-order valence-corrected chi connectivity index (χ2v) is 8.71. The predicted octanol–water partition coefficient (Wildman–Crippen LogP) is 5.97. The van der Waals surface area contributed by atoms with E-state index in [1.54, 1.807) is 0 Å². The molecule has 0 saturated heterocycles. The highest BCUT2D eigenvalue weighted by Gasteiger charge is 2.14. The smallest absolute Gasteiger partial charge is 0.123 e. The Labute approximate surface area is 196 Å². The quantitative estimate of drug-likeness (QED) is 0.293. The summed E-state index contributed by atoms with van der Waals surface area (Å²) in [4.78, 5) is 15.4. The first kappa shape index (κ1) is 24.4. The molecule has 0 radical (unpaired) electrons. The van der Waals surface area contributed by atoms with Crippen molar-refractivity contribution in [3.63, 3.8) is 0 Å². The van der Waals surface area contributed by atoms with Crippen LogP contribution in [-0.4, -0.2) is 19.9 Å². The second kappa shape index (κ2) is 11.1. The number of benzene rings is 2. The van der Waals surface area contributed by atoms with Crippen molar-refractivity contribution in [2.45, 2.75) is 53.6 Å².